The first-order valence-electron chi connectivity index (χ1n) is 9.27. The van der Waals surface area contributed by atoms with Crippen LogP contribution < -0.4 is 4.74 Å². The molecule has 1 aliphatic heterocycles. The number of aliphatic hydroxyl groups excluding tert-OH is 3. The van der Waals surface area contributed by atoms with Crippen molar-refractivity contribution in [2.75, 3.05) is 6.61 Å². The monoisotopic (exact) mass is 434 g/mol. The predicted molar refractivity (Wildman–Crippen MR) is 105 cm³/mol. The number of ether oxygens (including phenoxy) is 3. The van der Waals surface area contributed by atoms with E-state index in [4.69, 9.17) is 14.2 Å². The minimum absolute atomic E-state index is 0.00836. The Morgan fingerprint density at radius 1 is 0.935 bits per heavy atom. The van der Waals surface area contributed by atoms with E-state index in [0.717, 1.165) is 6.08 Å². The summed E-state index contributed by atoms with van der Waals surface area (Å²) >= 11 is 0. The Labute approximate surface area is 176 Å². The molecule has 0 aromatic heterocycles. The molecule has 6 N–H and O–H groups in total. The van der Waals surface area contributed by atoms with Gasteiger partial charge in [0.25, 0.3) is 0 Å². The van der Waals surface area contributed by atoms with E-state index in [-0.39, 0.29) is 23.0 Å². The average molecular weight is 434 g/mol. The first kappa shape index (κ1) is 22.4. The summed E-state index contributed by atoms with van der Waals surface area (Å²) in [4.78, 5) is 11.9. The smallest absolute Gasteiger partial charge is 0.330 e. The van der Waals surface area contributed by atoms with E-state index in [1.165, 1.54) is 36.4 Å². The maximum Gasteiger partial charge on any atom is 0.330 e. The summed E-state index contributed by atoms with van der Waals surface area (Å²) in [7, 11) is 0. The molecule has 2 aromatic rings. The largest absolute Gasteiger partial charge is 0.504 e. The number of benzene rings is 2. The normalized spacial score (nSPS) is 26.0. The number of phenols is 3. The number of esters is 1. The number of hydrogen-bond acceptors (Lipinski definition) is 10. The lowest BCUT2D eigenvalue weighted by Crippen LogP contribution is -2.60. The highest BCUT2D eigenvalue weighted by Gasteiger charge is 2.45. The molecular formula is C21H22O10. The van der Waals surface area contributed by atoms with Crippen molar-refractivity contribution in [3.63, 3.8) is 0 Å². The molecule has 0 bridgehead atoms. The van der Waals surface area contributed by atoms with Crippen molar-refractivity contribution in [3.8, 4) is 23.0 Å². The number of para-hydroxylation sites is 2. The van der Waals surface area contributed by atoms with Crippen LogP contribution in [0.25, 0.3) is 6.08 Å². The van der Waals surface area contributed by atoms with Gasteiger partial charge in [-0.25, -0.2) is 4.79 Å². The van der Waals surface area contributed by atoms with Crippen molar-refractivity contribution in [3.05, 3.63) is 54.1 Å². The number of phenolic OH excluding ortho intramolecular Hbond substituents is 3. The number of carbonyl (C=O) groups excluding carboxylic acids is 1. The van der Waals surface area contributed by atoms with E-state index < -0.39 is 43.3 Å². The van der Waals surface area contributed by atoms with Gasteiger partial charge < -0.3 is 44.8 Å². The molecular weight excluding hydrogens is 412 g/mol. The zero-order chi connectivity index (χ0) is 22.5. The lowest BCUT2D eigenvalue weighted by atomic mass is 9.99. The van der Waals surface area contributed by atoms with Gasteiger partial charge in [0.2, 0.25) is 6.29 Å². The lowest BCUT2D eigenvalue weighted by molar-refractivity contribution is -0.278. The third kappa shape index (κ3) is 5.44. The number of carbonyl (C=O) groups is 1. The van der Waals surface area contributed by atoms with Crippen molar-refractivity contribution < 1.29 is 49.6 Å². The molecule has 0 saturated carbocycles. The van der Waals surface area contributed by atoms with Gasteiger partial charge in [-0.05, 0) is 35.9 Å². The Kier molecular flexibility index (Phi) is 6.98. The van der Waals surface area contributed by atoms with Gasteiger partial charge in [0.1, 0.15) is 31.0 Å². The van der Waals surface area contributed by atoms with Gasteiger partial charge >= 0.3 is 5.97 Å². The van der Waals surface area contributed by atoms with Crippen molar-refractivity contribution in [1.82, 2.24) is 0 Å². The molecule has 5 atom stereocenters. The molecule has 0 unspecified atom stereocenters. The maximum absolute atomic E-state index is 11.9. The lowest BCUT2D eigenvalue weighted by Gasteiger charge is -2.39. The summed E-state index contributed by atoms with van der Waals surface area (Å²) in [6.45, 7) is -0.463. The number of hydrogen-bond donors (Lipinski definition) is 6. The zero-order valence-electron chi connectivity index (χ0n) is 16.1. The van der Waals surface area contributed by atoms with Crippen molar-refractivity contribution in [1.29, 1.82) is 0 Å². The quantitative estimate of drug-likeness (QED) is 0.211. The minimum Gasteiger partial charge on any atom is -0.504 e. The maximum atomic E-state index is 11.9. The molecule has 31 heavy (non-hydrogen) atoms. The third-order valence-corrected chi connectivity index (χ3v) is 4.58. The van der Waals surface area contributed by atoms with Crippen LogP contribution in [0.2, 0.25) is 0 Å². The number of rotatable bonds is 6. The van der Waals surface area contributed by atoms with E-state index >= 15 is 0 Å². The van der Waals surface area contributed by atoms with Gasteiger partial charge in [0.15, 0.2) is 23.0 Å². The Balaban J connectivity index is 1.60. The summed E-state index contributed by atoms with van der Waals surface area (Å²) in [6, 6.07) is 9.88. The standard InChI is InChI=1S/C21H22O10/c22-12-7-5-11(9-14(12)24)6-8-17(25)29-10-16-18(26)19(27)20(28)21(31-16)30-15-4-2-1-3-13(15)23/h1-9,16,18-24,26-28H,10H2/t16-,18-,19+,20-,21-/m1/s1. The fourth-order valence-electron chi connectivity index (χ4n) is 2.85. The molecule has 10 nitrogen and oxygen atoms in total. The molecule has 1 heterocycles. The van der Waals surface area contributed by atoms with Crippen LogP contribution in [-0.2, 0) is 14.3 Å². The fourth-order valence-corrected chi connectivity index (χ4v) is 2.85. The molecule has 1 saturated heterocycles. The third-order valence-electron chi connectivity index (χ3n) is 4.58. The molecule has 1 aliphatic rings. The fraction of sp³-hybridized carbons (Fsp3) is 0.286. The van der Waals surface area contributed by atoms with Crippen LogP contribution in [0.5, 0.6) is 23.0 Å². The Bertz CT molecular complexity index is 944. The van der Waals surface area contributed by atoms with Gasteiger partial charge in [-0.1, -0.05) is 18.2 Å². The number of aliphatic hydroxyl groups is 3. The van der Waals surface area contributed by atoms with Crippen LogP contribution in [0.15, 0.2) is 48.5 Å². The van der Waals surface area contributed by atoms with Crippen molar-refractivity contribution >= 4 is 12.0 Å². The van der Waals surface area contributed by atoms with Gasteiger partial charge in [0.05, 0.1) is 0 Å². The summed E-state index contributed by atoms with van der Waals surface area (Å²) in [5.41, 5.74) is 0.427. The SMILES string of the molecule is O=C(C=Cc1ccc(O)c(O)c1)OC[C@H]1O[C@@H](Oc2ccccc2O)[C@H](O)[C@@H](O)[C@@H]1O. The Morgan fingerprint density at radius 3 is 2.39 bits per heavy atom. The second-order valence-corrected chi connectivity index (χ2v) is 6.81. The van der Waals surface area contributed by atoms with Gasteiger partial charge in [-0.15, -0.1) is 0 Å². The van der Waals surface area contributed by atoms with E-state index in [9.17, 15) is 35.4 Å². The Hall–Kier alpha value is -3.31. The van der Waals surface area contributed by atoms with Gasteiger partial charge in [-0.3, -0.25) is 0 Å². The van der Waals surface area contributed by atoms with E-state index in [2.05, 4.69) is 0 Å². The summed E-state index contributed by atoms with van der Waals surface area (Å²) in [5.74, 6) is -1.68. The molecule has 2 aromatic carbocycles. The van der Waals surface area contributed by atoms with Crippen LogP contribution in [0.4, 0.5) is 0 Å². The summed E-state index contributed by atoms with van der Waals surface area (Å²) < 4.78 is 15.8. The van der Waals surface area contributed by atoms with Crippen LogP contribution in [-0.4, -0.2) is 73.9 Å². The first-order chi connectivity index (χ1) is 14.8. The van der Waals surface area contributed by atoms with Crippen molar-refractivity contribution in [2.24, 2.45) is 0 Å². The molecule has 0 aliphatic carbocycles. The predicted octanol–water partition coefficient (Wildman–Crippen LogP) is 0.246. The minimum atomic E-state index is -1.65. The molecule has 3 rings (SSSR count). The molecule has 10 heteroatoms. The molecule has 1 fully saturated rings. The topological polar surface area (TPSA) is 166 Å². The van der Waals surface area contributed by atoms with Crippen molar-refractivity contribution in [2.45, 2.75) is 30.7 Å². The Morgan fingerprint density at radius 2 is 1.68 bits per heavy atom. The molecule has 0 amide bonds. The summed E-state index contributed by atoms with van der Waals surface area (Å²) in [5, 5.41) is 58.8. The summed E-state index contributed by atoms with van der Waals surface area (Å²) in [6.07, 6.45) is -5.10. The molecule has 166 valence electrons. The molecule has 0 radical (unpaired) electrons. The van der Waals surface area contributed by atoms with Crippen LogP contribution in [0.3, 0.4) is 0 Å². The highest BCUT2D eigenvalue weighted by molar-refractivity contribution is 5.87. The van der Waals surface area contributed by atoms with Gasteiger partial charge in [-0.2, -0.15) is 0 Å². The molecule has 0 spiro atoms. The second kappa shape index (κ2) is 9.67. The highest BCUT2D eigenvalue weighted by atomic mass is 16.7. The van der Waals surface area contributed by atoms with Gasteiger partial charge in [0, 0.05) is 6.08 Å². The second-order valence-electron chi connectivity index (χ2n) is 6.81. The van der Waals surface area contributed by atoms with E-state index in [0.29, 0.717) is 5.56 Å². The number of aromatic hydroxyl groups is 3. The first-order valence-corrected chi connectivity index (χ1v) is 9.27. The zero-order valence-corrected chi connectivity index (χ0v) is 16.1. The highest BCUT2D eigenvalue weighted by Crippen LogP contribution is 2.30. The van der Waals surface area contributed by atoms with Crippen LogP contribution in [0, 0.1) is 0 Å². The van der Waals surface area contributed by atoms with E-state index in [1.54, 1.807) is 12.1 Å². The van der Waals surface area contributed by atoms with Crippen LogP contribution >= 0.6 is 0 Å². The van der Waals surface area contributed by atoms with E-state index in [1.807, 2.05) is 0 Å². The van der Waals surface area contributed by atoms with Crippen LogP contribution in [0.1, 0.15) is 5.56 Å². The average Bonchev–Trinajstić information content (AvgIpc) is 2.75.